The minimum atomic E-state index is -0.806. The van der Waals surface area contributed by atoms with Gasteiger partial charge in [0.2, 0.25) is 0 Å². The van der Waals surface area contributed by atoms with E-state index in [9.17, 15) is 4.79 Å². The molecule has 0 bridgehead atoms. The lowest BCUT2D eigenvalue weighted by molar-refractivity contribution is -0.00312. The molecule has 0 saturated heterocycles. The maximum atomic E-state index is 12.9. The lowest BCUT2D eigenvalue weighted by Crippen LogP contribution is -2.25. The lowest BCUT2D eigenvalue weighted by Gasteiger charge is -2.25. The number of carbonyl (C=O) groups is 1. The molecule has 30 heavy (non-hydrogen) atoms. The van der Waals surface area contributed by atoms with Gasteiger partial charge in [-0.25, -0.2) is 4.79 Å². The Balaban J connectivity index is 1.63. The molecule has 3 nitrogen and oxygen atoms in total. The molecule has 0 spiro atoms. The zero-order chi connectivity index (χ0) is 21.3. The molecule has 0 aliphatic heterocycles. The standard InChI is InChI=1S/C26H22NO2S/c1-18-17-30(24-10-5-4-9-23(18)24)22-8-6-7-20(15-22)25(28)29-26(2,3)21-13-11-19(16-27)12-14-21/h4-15,17H,1-3H3/q+1. The van der Waals surface area contributed by atoms with Crippen LogP contribution in [0.4, 0.5) is 0 Å². The van der Waals surface area contributed by atoms with E-state index < -0.39 is 5.60 Å². The third kappa shape index (κ3) is 3.72. The summed E-state index contributed by atoms with van der Waals surface area (Å²) < 4.78 is 7.15. The molecule has 0 saturated carbocycles. The third-order valence-electron chi connectivity index (χ3n) is 5.22. The largest absolute Gasteiger partial charge is 0.451 e. The molecule has 4 aromatic rings. The number of benzene rings is 3. The molecule has 3 aromatic carbocycles. The molecule has 1 atom stereocenters. The highest BCUT2D eigenvalue weighted by Gasteiger charge is 2.27. The van der Waals surface area contributed by atoms with E-state index >= 15 is 0 Å². The first-order valence-electron chi connectivity index (χ1n) is 9.74. The molecule has 4 rings (SSSR count). The van der Waals surface area contributed by atoms with Gasteiger partial charge in [-0.05, 0) is 62.7 Å². The van der Waals surface area contributed by atoms with Crippen molar-refractivity contribution in [2.24, 2.45) is 0 Å². The van der Waals surface area contributed by atoms with Gasteiger partial charge in [0.1, 0.15) is 11.0 Å². The van der Waals surface area contributed by atoms with E-state index in [1.54, 1.807) is 18.2 Å². The molecule has 148 valence electrons. The number of nitrogens with zero attached hydrogens (tertiary/aromatic N) is 1. The normalized spacial score (nSPS) is 11.9. The van der Waals surface area contributed by atoms with Crippen molar-refractivity contribution in [1.82, 2.24) is 0 Å². The molecule has 0 fully saturated rings. The van der Waals surface area contributed by atoms with Gasteiger partial charge in [-0.1, -0.05) is 30.3 Å². The second-order valence-electron chi connectivity index (χ2n) is 7.75. The number of fused-ring (bicyclic) bond motifs is 1. The first-order valence-corrected chi connectivity index (χ1v) is 11.0. The van der Waals surface area contributed by atoms with Gasteiger partial charge in [-0.2, -0.15) is 5.26 Å². The summed E-state index contributed by atoms with van der Waals surface area (Å²) in [5.41, 5.74) is 2.42. The van der Waals surface area contributed by atoms with Crippen molar-refractivity contribution in [3.8, 4) is 11.0 Å². The molecular weight excluding hydrogens is 390 g/mol. The first kappa shape index (κ1) is 19.9. The zero-order valence-corrected chi connectivity index (χ0v) is 18.0. The summed E-state index contributed by atoms with van der Waals surface area (Å²) in [7, 11) is -0.186. The first-order chi connectivity index (χ1) is 14.4. The number of aryl methyl sites for hydroxylation is 1. The van der Waals surface area contributed by atoms with Crippen LogP contribution in [0.25, 0.3) is 15.0 Å². The van der Waals surface area contributed by atoms with Gasteiger partial charge >= 0.3 is 5.97 Å². The number of thiophene rings is 1. The van der Waals surface area contributed by atoms with Gasteiger partial charge in [0, 0.05) is 27.5 Å². The fraction of sp³-hybridized carbons (Fsp3) is 0.154. The van der Waals surface area contributed by atoms with Crippen LogP contribution in [-0.2, 0) is 10.3 Å². The number of ether oxygens (including phenoxy) is 1. The van der Waals surface area contributed by atoms with Crippen molar-refractivity contribution in [3.05, 3.63) is 100 Å². The van der Waals surface area contributed by atoms with Crippen LogP contribution in [0, 0.1) is 18.3 Å². The smallest absolute Gasteiger partial charge is 0.339 e. The molecule has 0 N–H and O–H groups in total. The van der Waals surface area contributed by atoms with Crippen molar-refractivity contribution in [3.63, 3.8) is 0 Å². The number of rotatable bonds is 4. The SMILES string of the molecule is Cc1c[s+](-c2cccc(C(=O)OC(C)(C)c3ccc(C#N)cc3)c2)c2ccccc12. The summed E-state index contributed by atoms with van der Waals surface area (Å²) in [6.45, 7) is 5.85. The predicted octanol–water partition coefficient (Wildman–Crippen LogP) is 6.85. The van der Waals surface area contributed by atoms with Crippen molar-refractivity contribution >= 4 is 26.5 Å². The number of nitriles is 1. The van der Waals surface area contributed by atoms with Gasteiger partial charge in [-0.15, -0.1) is 0 Å². The number of hydrogen-bond acceptors (Lipinski definition) is 3. The van der Waals surface area contributed by atoms with Crippen LogP contribution in [0.1, 0.15) is 40.9 Å². The Kier molecular flexibility index (Phi) is 5.15. The van der Waals surface area contributed by atoms with Crippen LogP contribution in [0.3, 0.4) is 0 Å². The summed E-state index contributed by atoms with van der Waals surface area (Å²) in [4.78, 5) is 14.0. The topological polar surface area (TPSA) is 50.1 Å². The number of hydrogen-bond donors (Lipinski definition) is 0. The van der Waals surface area contributed by atoms with Crippen molar-refractivity contribution in [2.45, 2.75) is 26.4 Å². The van der Waals surface area contributed by atoms with E-state index in [-0.39, 0.29) is 16.4 Å². The highest BCUT2D eigenvalue weighted by molar-refractivity contribution is 7.43. The second kappa shape index (κ2) is 7.78. The van der Waals surface area contributed by atoms with E-state index in [1.165, 1.54) is 15.6 Å². The maximum absolute atomic E-state index is 12.9. The molecule has 0 amide bonds. The van der Waals surface area contributed by atoms with Crippen molar-refractivity contribution in [2.75, 3.05) is 0 Å². The number of esters is 1. The molecule has 0 aliphatic carbocycles. The predicted molar refractivity (Wildman–Crippen MR) is 122 cm³/mol. The van der Waals surface area contributed by atoms with Crippen LogP contribution >= 0.6 is 10.5 Å². The van der Waals surface area contributed by atoms with Crippen molar-refractivity contribution in [1.29, 1.82) is 5.26 Å². The minimum Gasteiger partial charge on any atom is -0.451 e. The molecule has 1 unspecified atom stereocenters. The Bertz CT molecular complexity index is 1280. The quantitative estimate of drug-likeness (QED) is 0.272. The van der Waals surface area contributed by atoms with Gasteiger partial charge < -0.3 is 4.74 Å². The van der Waals surface area contributed by atoms with Crippen LogP contribution in [-0.4, -0.2) is 5.97 Å². The highest BCUT2D eigenvalue weighted by atomic mass is 32.2. The van der Waals surface area contributed by atoms with Gasteiger partial charge in [0.15, 0.2) is 9.60 Å². The third-order valence-corrected chi connectivity index (χ3v) is 7.41. The fourth-order valence-corrected chi connectivity index (χ4v) is 5.71. The Morgan fingerprint density at radius 2 is 1.73 bits per heavy atom. The molecular formula is C26H22NO2S+. The van der Waals surface area contributed by atoms with Crippen LogP contribution < -0.4 is 0 Å². The van der Waals surface area contributed by atoms with Crippen LogP contribution in [0.15, 0.2) is 78.2 Å². The van der Waals surface area contributed by atoms with Gasteiger partial charge in [-0.3, -0.25) is 0 Å². The van der Waals surface area contributed by atoms with Gasteiger partial charge in [0.05, 0.1) is 17.2 Å². The minimum absolute atomic E-state index is 0.186. The molecule has 1 heterocycles. The average Bonchev–Trinajstić information content (AvgIpc) is 3.10. The summed E-state index contributed by atoms with van der Waals surface area (Å²) >= 11 is 0. The molecule has 0 aliphatic rings. The van der Waals surface area contributed by atoms with Gasteiger partial charge in [0.25, 0.3) is 0 Å². The lowest BCUT2D eigenvalue weighted by atomic mass is 9.97. The second-order valence-corrected chi connectivity index (χ2v) is 9.57. The van der Waals surface area contributed by atoms with Crippen LogP contribution in [0.5, 0.6) is 0 Å². The highest BCUT2D eigenvalue weighted by Crippen LogP contribution is 2.42. The average molecular weight is 413 g/mol. The monoisotopic (exact) mass is 412 g/mol. The van der Waals surface area contributed by atoms with E-state index in [4.69, 9.17) is 10.00 Å². The van der Waals surface area contributed by atoms with E-state index in [1.807, 2.05) is 38.1 Å². The van der Waals surface area contributed by atoms with E-state index in [0.29, 0.717) is 11.1 Å². The Morgan fingerprint density at radius 1 is 1.00 bits per heavy atom. The number of carbonyl (C=O) groups excluding carboxylic acids is 1. The fourth-order valence-electron chi connectivity index (χ4n) is 3.54. The molecule has 0 radical (unpaired) electrons. The van der Waals surface area contributed by atoms with Crippen molar-refractivity contribution < 1.29 is 9.53 Å². The summed E-state index contributed by atoms with van der Waals surface area (Å²) in [6, 6.07) is 25.4. The van der Waals surface area contributed by atoms with E-state index in [2.05, 4.69) is 48.7 Å². The maximum Gasteiger partial charge on any atom is 0.339 e. The van der Waals surface area contributed by atoms with E-state index in [0.717, 1.165) is 10.5 Å². The summed E-state index contributed by atoms with van der Waals surface area (Å²) in [5, 5.41) is 12.5. The Labute approximate surface area is 179 Å². The molecule has 1 aromatic heterocycles. The molecule has 4 heteroatoms. The summed E-state index contributed by atoms with van der Waals surface area (Å²) in [6.07, 6.45) is 0. The van der Waals surface area contributed by atoms with Crippen LogP contribution in [0.2, 0.25) is 0 Å². The zero-order valence-electron chi connectivity index (χ0n) is 17.2. The summed E-state index contributed by atoms with van der Waals surface area (Å²) in [5.74, 6) is -0.358. The Morgan fingerprint density at radius 3 is 2.47 bits per heavy atom. The Hall–Kier alpha value is -3.42.